The van der Waals surface area contributed by atoms with Gasteiger partial charge in [-0.3, -0.25) is 4.90 Å². The molecule has 1 aliphatic rings. The summed E-state index contributed by atoms with van der Waals surface area (Å²) in [5.41, 5.74) is -6.63. The highest BCUT2D eigenvalue weighted by Crippen LogP contribution is 2.42. The molecule has 1 saturated heterocycles. The first kappa shape index (κ1) is 33.2. The van der Waals surface area contributed by atoms with Gasteiger partial charge in [0.2, 0.25) is 0 Å². The maximum absolute atomic E-state index is 13.7. The first-order valence-electron chi connectivity index (χ1n) is 12.7. The highest BCUT2D eigenvalue weighted by Gasteiger charge is 2.49. The molecule has 0 unspecified atom stereocenters. The van der Waals surface area contributed by atoms with Gasteiger partial charge in [-0.05, 0) is 42.8 Å². The summed E-state index contributed by atoms with van der Waals surface area (Å²) in [6.07, 6.45) is -6.48. The van der Waals surface area contributed by atoms with Crippen molar-refractivity contribution in [3.05, 3.63) is 83.4 Å². The summed E-state index contributed by atoms with van der Waals surface area (Å²) < 4.78 is 129. The lowest BCUT2D eigenvalue weighted by Gasteiger charge is -2.23. The average Bonchev–Trinajstić information content (AvgIpc) is 3.25. The van der Waals surface area contributed by atoms with Crippen molar-refractivity contribution < 1.29 is 67.5 Å². The Hall–Kier alpha value is -4.67. The van der Waals surface area contributed by atoms with Crippen LogP contribution in [0.25, 0.3) is 0 Å². The standard InChI is InChI=1S/C28H23F6NO9S/c1-16-25(17-6-4-3-5-7-17)43-26(37)35(16)14-18-12-19(27(29,30)31)8-10-21(18)42-23-13-20(41-15-24(36)40-2)9-11-22(23)44-45(38,39)28(32,33)34/h3-13,16,25H,14-15H2,1-2H3/t16-,25-/m1/s1. The normalized spacial score (nSPS) is 17.1. The third-order valence-corrected chi connectivity index (χ3v) is 7.42. The van der Waals surface area contributed by atoms with Gasteiger partial charge in [0, 0.05) is 11.6 Å². The van der Waals surface area contributed by atoms with Crippen LogP contribution in [0.3, 0.4) is 0 Å². The Morgan fingerprint density at radius 3 is 2.22 bits per heavy atom. The van der Waals surface area contributed by atoms with E-state index in [9.17, 15) is 44.3 Å². The molecule has 0 bridgehead atoms. The summed E-state index contributed by atoms with van der Waals surface area (Å²) in [5, 5.41) is 0. The molecule has 17 heteroatoms. The van der Waals surface area contributed by atoms with Gasteiger partial charge >= 0.3 is 33.9 Å². The number of esters is 1. The summed E-state index contributed by atoms with van der Waals surface area (Å²) in [4.78, 5) is 25.4. The lowest BCUT2D eigenvalue weighted by molar-refractivity contribution is -0.143. The first-order valence-corrected chi connectivity index (χ1v) is 14.2. The van der Waals surface area contributed by atoms with Crippen molar-refractivity contribution in [1.82, 2.24) is 4.90 Å². The molecule has 4 rings (SSSR count). The molecule has 0 aliphatic carbocycles. The Bertz CT molecular complexity index is 1660. The smallest absolute Gasteiger partial charge is 0.482 e. The zero-order chi connectivity index (χ0) is 33.2. The van der Waals surface area contributed by atoms with Crippen LogP contribution < -0.4 is 13.7 Å². The van der Waals surface area contributed by atoms with Crippen LogP contribution in [0, 0.1) is 0 Å². The zero-order valence-electron chi connectivity index (χ0n) is 23.2. The van der Waals surface area contributed by atoms with E-state index in [1.165, 1.54) is 0 Å². The summed E-state index contributed by atoms with van der Waals surface area (Å²) in [6.45, 7) is 0.422. The van der Waals surface area contributed by atoms with Gasteiger partial charge in [-0.15, -0.1) is 0 Å². The Balaban J connectivity index is 1.74. The molecule has 0 aromatic heterocycles. The number of amides is 1. The number of carbonyl (C=O) groups is 2. The van der Waals surface area contributed by atoms with E-state index >= 15 is 0 Å². The average molecular weight is 664 g/mol. The van der Waals surface area contributed by atoms with E-state index in [0.717, 1.165) is 36.3 Å². The number of alkyl halides is 6. The van der Waals surface area contributed by atoms with Crippen LogP contribution in [0.5, 0.6) is 23.0 Å². The number of carbonyl (C=O) groups excluding carboxylic acids is 2. The number of cyclic esters (lactones) is 1. The number of ether oxygens (including phenoxy) is 4. The number of methoxy groups -OCH3 is 1. The molecule has 1 aliphatic heterocycles. The largest absolute Gasteiger partial charge is 0.534 e. The van der Waals surface area contributed by atoms with Crippen molar-refractivity contribution in [2.45, 2.75) is 37.3 Å². The van der Waals surface area contributed by atoms with E-state index < -0.39 is 82.0 Å². The number of hydrogen-bond donors (Lipinski definition) is 0. The van der Waals surface area contributed by atoms with Crippen LogP contribution in [0.1, 0.15) is 29.7 Å². The molecule has 3 aromatic carbocycles. The highest BCUT2D eigenvalue weighted by atomic mass is 32.2. The van der Waals surface area contributed by atoms with E-state index in [-0.39, 0.29) is 11.3 Å². The lowest BCUT2D eigenvalue weighted by Crippen LogP contribution is -2.31. The fraction of sp³-hybridized carbons (Fsp3) is 0.286. The predicted octanol–water partition coefficient (Wildman–Crippen LogP) is 6.36. The van der Waals surface area contributed by atoms with Gasteiger partial charge in [0.25, 0.3) is 0 Å². The van der Waals surface area contributed by atoms with Crippen LogP contribution in [0.15, 0.2) is 66.7 Å². The van der Waals surface area contributed by atoms with Crippen molar-refractivity contribution in [2.75, 3.05) is 13.7 Å². The molecular formula is C28H23F6NO9S. The molecule has 242 valence electrons. The van der Waals surface area contributed by atoms with Crippen LogP contribution in [-0.2, 0) is 37.1 Å². The molecule has 1 fully saturated rings. The van der Waals surface area contributed by atoms with Crippen LogP contribution in [0.2, 0.25) is 0 Å². The van der Waals surface area contributed by atoms with E-state index in [1.54, 1.807) is 37.3 Å². The Kier molecular flexibility index (Phi) is 9.41. The van der Waals surface area contributed by atoms with Gasteiger partial charge in [0.05, 0.1) is 25.3 Å². The number of hydrogen-bond acceptors (Lipinski definition) is 9. The van der Waals surface area contributed by atoms with Crippen molar-refractivity contribution in [1.29, 1.82) is 0 Å². The molecule has 10 nitrogen and oxygen atoms in total. The van der Waals surface area contributed by atoms with Gasteiger partial charge in [0.15, 0.2) is 18.1 Å². The van der Waals surface area contributed by atoms with Crippen LogP contribution in [-0.4, -0.2) is 50.6 Å². The highest BCUT2D eigenvalue weighted by molar-refractivity contribution is 7.88. The Morgan fingerprint density at radius 1 is 0.933 bits per heavy atom. The van der Waals surface area contributed by atoms with Crippen molar-refractivity contribution >= 4 is 22.2 Å². The number of nitrogens with zero attached hydrogens (tertiary/aromatic N) is 1. The topological polar surface area (TPSA) is 118 Å². The third kappa shape index (κ3) is 7.71. The third-order valence-electron chi connectivity index (χ3n) is 6.45. The van der Waals surface area contributed by atoms with E-state index in [2.05, 4.69) is 8.92 Å². The fourth-order valence-corrected chi connectivity index (χ4v) is 4.65. The molecule has 2 atom stereocenters. The van der Waals surface area contributed by atoms with Gasteiger partial charge in [-0.25, -0.2) is 9.59 Å². The molecule has 1 heterocycles. The molecule has 3 aromatic rings. The van der Waals surface area contributed by atoms with E-state index in [1.807, 2.05) is 0 Å². The first-order chi connectivity index (χ1) is 21.0. The van der Waals surface area contributed by atoms with Crippen LogP contribution in [0.4, 0.5) is 31.1 Å². The fourth-order valence-electron chi connectivity index (χ4n) is 4.18. The number of halogens is 6. The molecular weight excluding hydrogens is 640 g/mol. The Labute approximate surface area is 252 Å². The molecule has 1 amide bonds. The second kappa shape index (κ2) is 12.7. The monoisotopic (exact) mass is 663 g/mol. The van der Waals surface area contributed by atoms with Crippen molar-refractivity contribution in [3.8, 4) is 23.0 Å². The van der Waals surface area contributed by atoms with E-state index in [0.29, 0.717) is 17.7 Å². The van der Waals surface area contributed by atoms with E-state index in [4.69, 9.17) is 14.2 Å². The molecule has 45 heavy (non-hydrogen) atoms. The van der Waals surface area contributed by atoms with Crippen molar-refractivity contribution in [2.24, 2.45) is 0 Å². The Morgan fingerprint density at radius 2 is 1.60 bits per heavy atom. The number of benzene rings is 3. The van der Waals surface area contributed by atoms with Gasteiger partial charge in [0.1, 0.15) is 17.6 Å². The lowest BCUT2D eigenvalue weighted by atomic mass is 10.0. The minimum atomic E-state index is -6.22. The quantitative estimate of drug-likeness (QED) is 0.106. The maximum atomic E-state index is 13.7. The summed E-state index contributed by atoms with van der Waals surface area (Å²) >= 11 is 0. The summed E-state index contributed by atoms with van der Waals surface area (Å²) in [6, 6.07) is 12.5. The molecule has 0 N–H and O–H groups in total. The van der Waals surface area contributed by atoms with Crippen LogP contribution >= 0.6 is 0 Å². The zero-order valence-corrected chi connectivity index (χ0v) is 24.0. The predicted molar refractivity (Wildman–Crippen MR) is 142 cm³/mol. The molecule has 0 spiro atoms. The van der Waals surface area contributed by atoms with Gasteiger partial charge in [-0.2, -0.15) is 34.8 Å². The second-order valence-electron chi connectivity index (χ2n) is 9.46. The van der Waals surface area contributed by atoms with Gasteiger partial charge < -0.3 is 23.1 Å². The molecule has 0 saturated carbocycles. The second-order valence-corrected chi connectivity index (χ2v) is 11.0. The maximum Gasteiger partial charge on any atom is 0.534 e. The molecule has 0 radical (unpaired) electrons. The summed E-state index contributed by atoms with van der Waals surface area (Å²) in [7, 11) is -5.16. The minimum absolute atomic E-state index is 0.233. The minimum Gasteiger partial charge on any atom is -0.482 e. The summed E-state index contributed by atoms with van der Waals surface area (Å²) in [5.74, 6) is -3.25. The van der Waals surface area contributed by atoms with Gasteiger partial charge in [-0.1, -0.05) is 30.3 Å². The van der Waals surface area contributed by atoms with Crippen molar-refractivity contribution in [3.63, 3.8) is 0 Å². The number of rotatable bonds is 10. The SMILES string of the molecule is COC(=O)COc1ccc(OS(=O)(=O)C(F)(F)F)c(Oc2ccc(C(F)(F)F)cc2CN2C(=O)O[C@@H](c3ccccc3)[C@H]2C)c1.